The molecule has 112 valence electrons. The zero-order valence-electron chi connectivity index (χ0n) is 11.2. The number of carbonyl (C=O) groups is 1. The van der Waals surface area contributed by atoms with Gasteiger partial charge in [-0.3, -0.25) is 4.79 Å². The van der Waals surface area contributed by atoms with E-state index in [2.05, 4.69) is 25.7 Å². The Bertz CT molecular complexity index is 559. The molecule has 1 amide bonds. The third-order valence-electron chi connectivity index (χ3n) is 3.19. The maximum Gasteiger partial charge on any atom is 0.273 e. The summed E-state index contributed by atoms with van der Waals surface area (Å²) in [6.07, 6.45) is 2.01. The fraction of sp³-hybridized carbons (Fsp3) is 0.500. The number of nitrogens with one attached hydrogen (secondary N) is 2. The maximum absolute atomic E-state index is 12.0. The van der Waals surface area contributed by atoms with E-state index < -0.39 is 0 Å². The molecule has 8 nitrogen and oxygen atoms in total. The first-order valence-electron chi connectivity index (χ1n) is 6.56. The summed E-state index contributed by atoms with van der Waals surface area (Å²) in [6, 6.07) is -0.207. The van der Waals surface area contributed by atoms with Gasteiger partial charge in [-0.1, -0.05) is 0 Å². The van der Waals surface area contributed by atoms with Crippen LogP contribution in [0.4, 0.5) is 0 Å². The molecule has 2 atom stereocenters. The van der Waals surface area contributed by atoms with Crippen LogP contribution in [0, 0.1) is 0 Å². The topological polar surface area (TPSA) is 102 Å². The number of H-pyrrole nitrogens is 1. The van der Waals surface area contributed by atoms with Crippen molar-refractivity contribution in [1.82, 2.24) is 25.7 Å². The molecule has 2 aromatic rings. The number of hydrogen-bond donors (Lipinski definition) is 2. The van der Waals surface area contributed by atoms with Gasteiger partial charge in [-0.05, 0) is 6.42 Å². The van der Waals surface area contributed by atoms with Gasteiger partial charge in [-0.2, -0.15) is 15.4 Å². The van der Waals surface area contributed by atoms with Crippen LogP contribution in [0.5, 0.6) is 0 Å². The van der Waals surface area contributed by atoms with Crippen molar-refractivity contribution in [1.29, 1.82) is 0 Å². The van der Waals surface area contributed by atoms with E-state index >= 15 is 0 Å². The van der Waals surface area contributed by atoms with Crippen LogP contribution in [0.15, 0.2) is 17.1 Å². The normalized spacial score (nSPS) is 22.1. The van der Waals surface area contributed by atoms with Gasteiger partial charge in [0, 0.05) is 12.0 Å². The Balaban J connectivity index is 1.57. The highest BCUT2D eigenvalue weighted by atomic mass is 32.1. The minimum Gasteiger partial charge on any atom is -0.379 e. The Morgan fingerprint density at radius 2 is 2.57 bits per heavy atom. The molecule has 0 aromatic carbocycles. The van der Waals surface area contributed by atoms with Crippen molar-refractivity contribution in [3.8, 4) is 0 Å². The molecule has 0 unspecified atom stereocenters. The molecular weight excluding hydrogens is 294 g/mol. The lowest BCUT2D eigenvalue weighted by molar-refractivity contribution is -0.0612. The first-order chi connectivity index (χ1) is 10.3. The number of nitrogens with zero attached hydrogens (tertiary/aromatic N) is 3. The zero-order chi connectivity index (χ0) is 14.5. The molecule has 2 aromatic heterocycles. The Morgan fingerprint density at radius 1 is 1.62 bits per heavy atom. The minimum atomic E-state index is -0.290. The molecule has 1 aliphatic heterocycles. The van der Waals surface area contributed by atoms with Crippen LogP contribution < -0.4 is 5.32 Å². The quantitative estimate of drug-likeness (QED) is 0.827. The van der Waals surface area contributed by atoms with Crippen LogP contribution in [-0.2, 0) is 16.1 Å². The van der Waals surface area contributed by atoms with Gasteiger partial charge in [0.2, 0.25) is 0 Å². The largest absolute Gasteiger partial charge is 0.379 e. The van der Waals surface area contributed by atoms with Crippen molar-refractivity contribution >= 4 is 17.2 Å². The van der Waals surface area contributed by atoms with E-state index in [4.69, 9.17) is 9.47 Å². The second-order valence-electron chi connectivity index (χ2n) is 4.63. The van der Waals surface area contributed by atoms with Gasteiger partial charge < -0.3 is 14.8 Å². The molecular formula is C12H15N5O3S. The Hall–Kier alpha value is -1.84. The van der Waals surface area contributed by atoms with E-state index in [0.717, 1.165) is 12.1 Å². The van der Waals surface area contributed by atoms with Crippen molar-refractivity contribution < 1.29 is 14.3 Å². The number of thiazole rings is 1. The van der Waals surface area contributed by atoms with Gasteiger partial charge >= 0.3 is 0 Å². The first-order valence-corrected chi connectivity index (χ1v) is 7.50. The number of ether oxygens (including phenoxy) is 2. The van der Waals surface area contributed by atoms with Gasteiger partial charge in [0.05, 0.1) is 42.8 Å². The molecule has 21 heavy (non-hydrogen) atoms. The Morgan fingerprint density at radius 3 is 3.33 bits per heavy atom. The van der Waals surface area contributed by atoms with E-state index in [-0.39, 0.29) is 23.7 Å². The monoisotopic (exact) mass is 309 g/mol. The SMILES string of the molecule is O=C(N[C@@H]1COCC[C@@H]1OCc1cscn1)c1cn[nH]n1. The molecule has 0 radical (unpaired) electrons. The molecule has 2 N–H and O–H groups in total. The van der Waals surface area contributed by atoms with Gasteiger partial charge in [-0.25, -0.2) is 4.98 Å². The van der Waals surface area contributed by atoms with Crippen molar-refractivity contribution in [3.63, 3.8) is 0 Å². The third-order valence-corrected chi connectivity index (χ3v) is 3.82. The molecule has 1 saturated heterocycles. The molecule has 0 aliphatic carbocycles. The van der Waals surface area contributed by atoms with Crippen molar-refractivity contribution in [2.24, 2.45) is 0 Å². The Kier molecular flexibility index (Phi) is 4.53. The van der Waals surface area contributed by atoms with Crippen LogP contribution in [0.3, 0.4) is 0 Å². The van der Waals surface area contributed by atoms with Crippen LogP contribution >= 0.6 is 11.3 Å². The number of carbonyl (C=O) groups excluding carboxylic acids is 1. The number of rotatable bonds is 5. The summed E-state index contributed by atoms with van der Waals surface area (Å²) in [4.78, 5) is 16.2. The minimum absolute atomic E-state index is 0.101. The van der Waals surface area contributed by atoms with E-state index in [0.29, 0.717) is 19.8 Å². The van der Waals surface area contributed by atoms with Crippen LogP contribution in [0.2, 0.25) is 0 Å². The van der Waals surface area contributed by atoms with E-state index in [1.807, 2.05) is 5.38 Å². The van der Waals surface area contributed by atoms with E-state index in [1.54, 1.807) is 5.51 Å². The predicted molar refractivity (Wildman–Crippen MR) is 73.8 cm³/mol. The lowest BCUT2D eigenvalue weighted by atomic mass is 10.1. The molecule has 0 bridgehead atoms. The fourth-order valence-electron chi connectivity index (χ4n) is 2.11. The highest BCUT2D eigenvalue weighted by Crippen LogP contribution is 2.15. The standard InChI is InChI=1S/C12H15N5O3S/c18-12(9-3-14-17-16-9)15-10-5-19-2-1-11(10)20-4-8-6-21-7-13-8/h3,6-7,10-11H,1-2,4-5H2,(H,15,18)(H,14,16,17)/t10-,11+/m1/s1. The highest BCUT2D eigenvalue weighted by Gasteiger charge is 2.29. The van der Waals surface area contributed by atoms with E-state index in [9.17, 15) is 4.79 Å². The lowest BCUT2D eigenvalue weighted by Gasteiger charge is -2.31. The summed E-state index contributed by atoms with van der Waals surface area (Å²) in [5.41, 5.74) is 2.92. The van der Waals surface area contributed by atoms with E-state index in [1.165, 1.54) is 17.5 Å². The highest BCUT2D eigenvalue weighted by molar-refractivity contribution is 7.07. The third kappa shape index (κ3) is 3.63. The zero-order valence-corrected chi connectivity index (χ0v) is 12.0. The van der Waals surface area contributed by atoms with Crippen LogP contribution in [0.25, 0.3) is 0 Å². The number of amides is 1. The van der Waals surface area contributed by atoms with Crippen LogP contribution in [-0.4, -0.2) is 51.7 Å². The van der Waals surface area contributed by atoms with Crippen molar-refractivity contribution in [3.05, 3.63) is 28.5 Å². The summed E-state index contributed by atoms with van der Waals surface area (Å²) in [5, 5.41) is 14.6. The molecule has 3 heterocycles. The van der Waals surface area contributed by atoms with Gasteiger partial charge in [0.1, 0.15) is 0 Å². The van der Waals surface area contributed by atoms with Gasteiger partial charge in [0.25, 0.3) is 5.91 Å². The molecule has 0 saturated carbocycles. The van der Waals surface area contributed by atoms with Crippen LogP contribution in [0.1, 0.15) is 22.6 Å². The van der Waals surface area contributed by atoms with Crippen molar-refractivity contribution in [2.75, 3.05) is 13.2 Å². The number of aromatic nitrogens is 4. The van der Waals surface area contributed by atoms with Crippen molar-refractivity contribution in [2.45, 2.75) is 25.2 Å². The van der Waals surface area contributed by atoms with Gasteiger partial charge in [0.15, 0.2) is 5.69 Å². The summed E-state index contributed by atoms with van der Waals surface area (Å²) in [5.74, 6) is -0.290. The van der Waals surface area contributed by atoms with Gasteiger partial charge in [-0.15, -0.1) is 11.3 Å². The number of aromatic amines is 1. The number of hydrogen-bond acceptors (Lipinski definition) is 7. The second-order valence-corrected chi connectivity index (χ2v) is 5.35. The maximum atomic E-state index is 12.0. The predicted octanol–water partition coefficient (Wildman–Crippen LogP) is 0.365. The molecule has 1 aliphatic rings. The smallest absolute Gasteiger partial charge is 0.273 e. The second kappa shape index (κ2) is 6.74. The summed E-state index contributed by atoms with van der Waals surface area (Å²) < 4.78 is 11.3. The average Bonchev–Trinajstić information content (AvgIpc) is 3.20. The molecule has 0 spiro atoms. The average molecular weight is 309 g/mol. The molecule has 3 rings (SSSR count). The molecule has 9 heteroatoms. The Labute approximate surface area is 124 Å². The molecule has 1 fully saturated rings. The lowest BCUT2D eigenvalue weighted by Crippen LogP contribution is -2.50. The summed E-state index contributed by atoms with van der Waals surface area (Å²) in [6.45, 7) is 1.48. The summed E-state index contributed by atoms with van der Waals surface area (Å²) in [7, 11) is 0. The summed E-state index contributed by atoms with van der Waals surface area (Å²) >= 11 is 1.53. The fourth-order valence-corrected chi connectivity index (χ4v) is 2.65. The first kappa shape index (κ1) is 14.1.